The second kappa shape index (κ2) is 5.32. The molecule has 3 heteroatoms. The summed E-state index contributed by atoms with van der Waals surface area (Å²) in [4.78, 5) is 0. The molecule has 1 unspecified atom stereocenters. The summed E-state index contributed by atoms with van der Waals surface area (Å²) in [5.74, 6) is -0.516. The highest BCUT2D eigenvalue weighted by molar-refractivity contribution is 5.25. The van der Waals surface area contributed by atoms with Crippen LogP contribution in [0.25, 0.3) is 0 Å². The summed E-state index contributed by atoms with van der Waals surface area (Å²) >= 11 is 0. The molecule has 1 aromatic carbocycles. The number of rotatable bonds is 4. The molecule has 1 fully saturated rings. The Hall–Kier alpha value is -1.16. The van der Waals surface area contributed by atoms with E-state index in [1.54, 1.807) is 0 Å². The average molecular weight is 274 g/mol. The maximum absolute atomic E-state index is 6.05. The molecule has 3 atom stereocenters. The van der Waals surface area contributed by atoms with Gasteiger partial charge in [-0.3, -0.25) is 0 Å². The minimum Gasteiger partial charge on any atom is -0.367 e. The van der Waals surface area contributed by atoms with Gasteiger partial charge in [0.2, 0.25) is 0 Å². The van der Waals surface area contributed by atoms with Gasteiger partial charge in [-0.25, -0.2) is 0 Å². The first-order valence-corrected chi connectivity index (χ1v) is 7.31. The van der Waals surface area contributed by atoms with Gasteiger partial charge in [0.05, 0.1) is 6.61 Å². The Morgan fingerprint density at radius 1 is 1.15 bits per heavy atom. The molecule has 108 valence electrons. The fraction of sp³-hybridized carbons (Fsp3) is 0.529. The van der Waals surface area contributed by atoms with Crippen LogP contribution in [0.2, 0.25) is 0 Å². The maximum Gasteiger partial charge on any atom is 0.164 e. The second-order valence-corrected chi connectivity index (χ2v) is 5.88. The van der Waals surface area contributed by atoms with Crippen molar-refractivity contribution in [3.8, 4) is 0 Å². The van der Waals surface area contributed by atoms with Gasteiger partial charge in [0, 0.05) is 0 Å². The van der Waals surface area contributed by atoms with Crippen molar-refractivity contribution in [2.75, 3.05) is 0 Å². The molecule has 1 aliphatic carbocycles. The lowest BCUT2D eigenvalue weighted by Gasteiger charge is -2.21. The van der Waals surface area contributed by atoms with Gasteiger partial charge in [0.15, 0.2) is 5.79 Å². The lowest BCUT2D eigenvalue weighted by atomic mass is 10.1. The lowest BCUT2D eigenvalue weighted by molar-refractivity contribution is -0.157. The Morgan fingerprint density at radius 3 is 2.60 bits per heavy atom. The lowest BCUT2D eigenvalue weighted by Crippen LogP contribution is -2.31. The monoisotopic (exact) mass is 274 g/mol. The SMILES string of the molecule is CCC1=C[C@H](OCc2ccccc2)C2OC(C)(C)O[C@@H]12. The van der Waals surface area contributed by atoms with Crippen molar-refractivity contribution in [2.45, 2.75) is 57.9 Å². The van der Waals surface area contributed by atoms with Gasteiger partial charge in [-0.15, -0.1) is 0 Å². The summed E-state index contributed by atoms with van der Waals surface area (Å²) in [6, 6.07) is 10.2. The molecule has 1 saturated heterocycles. The van der Waals surface area contributed by atoms with Crippen molar-refractivity contribution < 1.29 is 14.2 Å². The predicted octanol–water partition coefficient (Wildman–Crippen LogP) is 3.44. The fourth-order valence-corrected chi connectivity index (χ4v) is 2.95. The average Bonchev–Trinajstić information content (AvgIpc) is 2.91. The molecular weight excluding hydrogens is 252 g/mol. The van der Waals surface area contributed by atoms with Crippen molar-refractivity contribution in [1.29, 1.82) is 0 Å². The number of fused-ring (bicyclic) bond motifs is 1. The van der Waals surface area contributed by atoms with Crippen LogP contribution in [0.4, 0.5) is 0 Å². The number of benzene rings is 1. The molecule has 0 saturated carbocycles. The quantitative estimate of drug-likeness (QED) is 0.787. The first-order chi connectivity index (χ1) is 9.59. The Balaban J connectivity index is 1.69. The van der Waals surface area contributed by atoms with E-state index in [2.05, 4.69) is 25.1 Å². The van der Waals surface area contributed by atoms with Crippen LogP contribution < -0.4 is 0 Å². The van der Waals surface area contributed by atoms with Crippen LogP contribution in [-0.2, 0) is 20.8 Å². The molecule has 3 nitrogen and oxygen atoms in total. The fourth-order valence-electron chi connectivity index (χ4n) is 2.95. The smallest absolute Gasteiger partial charge is 0.164 e. The van der Waals surface area contributed by atoms with E-state index in [-0.39, 0.29) is 18.3 Å². The molecule has 0 bridgehead atoms. The van der Waals surface area contributed by atoms with E-state index in [1.807, 2.05) is 32.0 Å². The first-order valence-electron chi connectivity index (χ1n) is 7.31. The van der Waals surface area contributed by atoms with E-state index < -0.39 is 5.79 Å². The second-order valence-electron chi connectivity index (χ2n) is 5.88. The maximum atomic E-state index is 6.05. The van der Waals surface area contributed by atoms with Crippen LogP contribution in [0.5, 0.6) is 0 Å². The highest BCUT2D eigenvalue weighted by Crippen LogP contribution is 2.40. The standard InChI is InChI=1S/C17H22O3/c1-4-13-10-14(16-15(13)19-17(2,3)20-16)18-11-12-8-6-5-7-9-12/h5-10,14-16H,4,11H2,1-3H3/t14-,15-,16?/m0/s1. The molecule has 0 amide bonds. The van der Waals surface area contributed by atoms with E-state index in [1.165, 1.54) is 11.1 Å². The Morgan fingerprint density at radius 2 is 1.90 bits per heavy atom. The van der Waals surface area contributed by atoms with Gasteiger partial charge in [0.25, 0.3) is 0 Å². The van der Waals surface area contributed by atoms with Crippen LogP contribution in [0, 0.1) is 0 Å². The van der Waals surface area contributed by atoms with E-state index in [0.717, 1.165) is 6.42 Å². The largest absolute Gasteiger partial charge is 0.367 e. The van der Waals surface area contributed by atoms with Crippen molar-refractivity contribution in [3.63, 3.8) is 0 Å². The summed E-state index contributed by atoms with van der Waals surface area (Å²) in [6.07, 6.45) is 3.18. The van der Waals surface area contributed by atoms with Gasteiger partial charge in [-0.2, -0.15) is 0 Å². The zero-order valence-electron chi connectivity index (χ0n) is 12.3. The summed E-state index contributed by atoms with van der Waals surface area (Å²) in [7, 11) is 0. The van der Waals surface area contributed by atoms with Crippen molar-refractivity contribution in [3.05, 3.63) is 47.5 Å². The summed E-state index contributed by atoms with van der Waals surface area (Å²) in [6.45, 7) is 6.68. The molecule has 0 N–H and O–H groups in total. The van der Waals surface area contributed by atoms with E-state index in [0.29, 0.717) is 6.61 Å². The molecule has 1 aromatic rings. The third-order valence-corrected chi connectivity index (χ3v) is 3.89. The molecule has 20 heavy (non-hydrogen) atoms. The highest BCUT2D eigenvalue weighted by atomic mass is 16.8. The van der Waals surface area contributed by atoms with Crippen LogP contribution in [0.3, 0.4) is 0 Å². The molecule has 0 radical (unpaired) electrons. The van der Waals surface area contributed by atoms with Crippen molar-refractivity contribution >= 4 is 0 Å². The Bertz CT molecular complexity index is 492. The van der Waals surface area contributed by atoms with Crippen LogP contribution >= 0.6 is 0 Å². The summed E-state index contributed by atoms with van der Waals surface area (Å²) in [5, 5.41) is 0. The predicted molar refractivity (Wildman–Crippen MR) is 77.2 cm³/mol. The van der Waals surface area contributed by atoms with E-state index >= 15 is 0 Å². The zero-order chi connectivity index (χ0) is 14.2. The summed E-state index contributed by atoms with van der Waals surface area (Å²) < 4.78 is 18.0. The van der Waals surface area contributed by atoms with Gasteiger partial charge in [0.1, 0.15) is 18.3 Å². The van der Waals surface area contributed by atoms with Crippen molar-refractivity contribution in [1.82, 2.24) is 0 Å². The zero-order valence-corrected chi connectivity index (χ0v) is 12.3. The molecule has 0 spiro atoms. The van der Waals surface area contributed by atoms with Gasteiger partial charge >= 0.3 is 0 Å². The Labute approximate surface area is 120 Å². The normalized spacial score (nSPS) is 31.1. The Kier molecular flexibility index (Phi) is 3.67. The topological polar surface area (TPSA) is 27.7 Å². The molecular formula is C17H22O3. The van der Waals surface area contributed by atoms with Gasteiger partial charge in [-0.1, -0.05) is 43.3 Å². The first kappa shape index (κ1) is 13.8. The minimum atomic E-state index is -0.516. The molecule has 1 aliphatic heterocycles. The molecule has 0 aromatic heterocycles. The van der Waals surface area contributed by atoms with Gasteiger partial charge in [-0.05, 0) is 31.4 Å². The number of hydrogen-bond donors (Lipinski definition) is 0. The number of ether oxygens (including phenoxy) is 3. The van der Waals surface area contributed by atoms with Gasteiger partial charge < -0.3 is 14.2 Å². The number of hydrogen-bond acceptors (Lipinski definition) is 3. The highest BCUT2D eigenvalue weighted by Gasteiger charge is 2.49. The molecule has 3 rings (SSSR count). The molecule has 1 heterocycles. The van der Waals surface area contributed by atoms with Crippen LogP contribution in [-0.4, -0.2) is 24.1 Å². The van der Waals surface area contributed by atoms with E-state index in [4.69, 9.17) is 14.2 Å². The summed E-state index contributed by atoms with van der Waals surface area (Å²) in [5.41, 5.74) is 2.47. The third kappa shape index (κ3) is 2.66. The third-order valence-electron chi connectivity index (χ3n) is 3.89. The van der Waals surface area contributed by atoms with Crippen LogP contribution in [0.1, 0.15) is 32.8 Å². The minimum absolute atomic E-state index is 0.0105. The molecule has 2 aliphatic rings. The van der Waals surface area contributed by atoms with Crippen LogP contribution in [0.15, 0.2) is 42.0 Å². The van der Waals surface area contributed by atoms with E-state index in [9.17, 15) is 0 Å². The van der Waals surface area contributed by atoms with Crippen molar-refractivity contribution in [2.24, 2.45) is 0 Å².